The number of amides is 2. The summed E-state index contributed by atoms with van der Waals surface area (Å²) in [6.45, 7) is 6.76. The predicted octanol–water partition coefficient (Wildman–Crippen LogP) is 3.86. The normalized spacial score (nSPS) is 13.9. The van der Waals surface area contributed by atoms with Gasteiger partial charge in [-0.05, 0) is 62.6 Å². The summed E-state index contributed by atoms with van der Waals surface area (Å²) in [5.41, 5.74) is 3.47. The highest BCUT2D eigenvalue weighted by molar-refractivity contribution is 5.95. The van der Waals surface area contributed by atoms with E-state index in [2.05, 4.69) is 10.6 Å². The van der Waals surface area contributed by atoms with E-state index in [0.717, 1.165) is 16.8 Å². The van der Waals surface area contributed by atoms with Crippen LogP contribution in [0.2, 0.25) is 0 Å². The van der Waals surface area contributed by atoms with E-state index in [1.54, 1.807) is 18.2 Å². The van der Waals surface area contributed by atoms with Crippen LogP contribution in [0.4, 0.5) is 5.69 Å². The lowest BCUT2D eigenvalue weighted by atomic mass is 9.97. The summed E-state index contributed by atoms with van der Waals surface area (Å²) in [7, 11) is 0. The van der Waals surface area contributed by atoms with Gasteiger partial charge in [0.25, 0.3) is 5.91 Å². The molecule has 28 heavy (non-hydrogen) atoms. The highest BCUT2D eigenvalue weighted by Gasteiger charge is 2.18. The zero-order chi connectivity index (χ0) is 20.1. The molecule has 0 aliphatic carbocycles. The standard InChI is InChI=1S/C22H26N2O4/c1-4-27-19-10-7-17(13-20(19)28-5-2)22(26)23-14(3)15-6-9-18-16(12-15)8-11-21(25)24-18/h6-7,9-10,12-14H,4-5,8,11H2,1-3H3,(H,23,26)(H,24,25). The molecule has 0 radical (unpaired) electrons. The summed E-state index contributed by atoms with van der Waals surface area (Å²) in [5, 5.41) is 5.90. The Hall–Kier alpha value is -3.02. The van der Waals surface area contributed by atoms with E-state index in [9.17, 15) is 9.59 Å². The Bertz CT molecular complexity index is 879. The van der Waals surface area contributed by atoms with Crippen molar-refractivity contribution in [2.24, 2.45) is 0 Å². The topological polar surface area (TPSA) is 76.7 Å². The maximum absolute atomic E-state index is 12.7. The summed E-state index contributed by atoms with van der Waals surface area (Å²) in [4.78, 5) is 24.2. The summed E-state index contributed by atoms with van der Waals surface area (Å²) in [5.74, 6) is 1.06. The third-order valence-corrected chi connectivity index (χ3v) is 4.68. The second-order valence-corrected chi connectivity index (χ2v) is 6.69. The molecule has 2 aromatic carbocycles. The molecule has 2 aromatic rings. The fourth-order valence-electron chi connectivity index (χ4n) is 3.23. The minimum absolute atomic E-state index is 0.0437. The highest BCUT2D eigenvalue weighted by atomic mass is 16.5. The minimum Gasteiger partial charge on any atom is -0.490 e. The molecule has 1 aliphatic heterocycles. The summed E-state index contributed by atoms with van der Waals surface area (Å²) >= 11 is 0. The van der Waals surface area contributed by atoms with Crippen molar-refractivity contribution in [1.82, 2.24) is 5.32 Å². The number of hydrogen-bond acceptors (Lipinski definition) is 4. The van der Waals surface area contributed by atoms with Crippen LogP contribution in [0, 0.1) is 0 Å². The molecule has 0 aromatic heterocycles. The van der Waals surface area contributed by atoms with Crippen molar-refractivity contribution in [3.8, 4) is 11.5 Å². The van der Waals surface area contributed by atoms with Crippen molar-refractivity contribution < 1.29 is 19.1 Å². The molecule has 148 valence electrons. The first kappa shape index (κ1) is 19.7. The van der Waals surface area contributed by atoms with Crippen LogP contribution < -0.4 is 20.1 Å². The molecule has 1 aliphatic rings. The van der Waals surface area contributed by atoms with Crippen molar-refractivity contribution in [2.45, 2.75) is 39.7 Å². The predicted molar refractivity (Wildman–Crippen MR) is 108 cm³/mol. The number of nitrogens with one attached hydrogen (secondary N) is 2. The van der Waals surface area contributed by atoms with E-state index < -0.39 is 0 Å². The zero-order valence-electron chi connectivity index (χ0n) is 16.5. The van der Waals surface area contributed by atoms with Gasteiger partial charge in [-0.1, -0.05) is 12.1 Å². The van der Waals surface area contributed by atoms with Crippen LogP contribution in [0.3, 0.4) is 0 Å². The van der Waals surface area contributed by atoms with Gasteiger partial charge in [-0.2, -0.15) is 0 Å². The van der Waals surface area contributed by atoms with Crippen LogP contribution in [0.5, 0.6) is 11.5 Å². The van der Waals surface area contributed by atoms with Gasteiger partial charge in [0, 0.05) is 17.7 Å². The average Bonchev–Trinajstić information content (AvgIpc) is 2.69. The summed E-state index contributed by atoms with van der Waals surface area (Å²) in [6.07, 6.45) is 1.20. The van der Waals surface area contributed by atoms with Gasteiger partial charge in [0.2, 0.25) is 5.91 Å². The van der Waals surface area contributed by atoms with Gasteiger partial charge in [0.15, 0.2) is 11.5 Å². The van der Waals surface area contributed by atoms with Gasteiger partial charge in [0.1, 0.15) is 0 Å². The average molecular weight is 382 g/mol. The van der Waals surface area contributed by atoms with Crippen molar-refractivity contribution in [1.29, 1.82) is 0 Å². The number of ether oxygens (including phenoxy) is 2. The maximum atomic E-state index is 12.7. The van der Waals surface area contributed by atoms with Crippen LogP contribution in [-0.4, -0.2) is 25.0 Å². The Morgan fingerprint density at radius 1 is 1.07 bits per heavy atom. The first-order valence-electron chi connectivity index (χ1n) is 9.65. The number of carbonyl (C=O) groups is 2. The van der Waals surface area contributed by atoms with E-state index in [1.165, 1.54) is 0 Å². The number of aryl methyl sites for hydroxylation is 1. The maximum Gasteiger partial charge on any atom is 0.251 e. The Labute approximate surface area is 165 Å². The second-order valence-electron chi connectivity index (χ2n) is 6.69. The Morgan fingerprint density at radius 3 is 2.57 bits per heavy atom. The van der Waals surface area contributed by atoms with Gasteiger partial charge in [0.05, 0.1) is 19.3 Å². The molecule has 1 atom stereocenters. The lowest BCUT2D eigenvalue weighted by Crippen LogP contribution is -2.27. The quantitative estimate of drug-likeness (QED) is 0.762. The van der Waals surface area contributed by atoms with E-state index in [4.69, 9.17) is 9.47 Å². The molecule has 0 saturated heterocycles. The van der Waals surface area contributed by atoms with E-state index in [-0.39, 0.29) is 17.9 Å². The first-order chi connectivity index (χ1) is 13.5. The minimum atomic E-state index is -0.178. The SMILES string of the molecule is CCOc1ccc(C(=O)NC(C)c2ccc3c(c2)CCC(=O)N3)cc1OCC. The molecule has 0 spiro atoms. The third kappa shape index (κ3) is 4.44. The molecule has 6 nitrogen and oxygen atoms in total. The Kier molecular flexibility index (Phi) is 6.19. The molecule has 6 heteroatoms. The van der Waals surface area contributed by atoms with Crippen molar-refractivity contribution in [3.05, 3.63) is 53.1 Å². The lowest BCUT2D eigenvalue weighted by Gasteiger charge is -2.20. The number of benzene rings is 2. The van der Waals surface area contributed by atoms with Gasteiger partial charge in [-0.25, -0.2) is 0 Å². The second kappa shape index (κ2) is 8.78. The van der Waals surface area contributed by atoms with Gasteiger partial charge in [-0.15, -0.1) is 0 Å². The van der Waals surface area contributed by atoms with Crippen LogP contribution in [0.15, 0.2) is 36.4 Å². The van der Waals surface area contributed by atoms with Crippen molar-refractivity contribution in [2.75, 3.05) is 18.5 Å². The number of fused-ring (bicyclic) bond motifs is 1. The van der Waals surface area contributed by atoms with Crippen LogP contribution in [0.25, 0.3) is 0 Å². The summed E-state index contributed by atoms with van der Waals surface area (Å²) < 4.78 is 11.1. The molecular weight excluding hydrogens is 356 g/mol. The number of anilines is 1. The van der Waals surface area contributed by atoms with Crippen LogP contribution in [0.1, 0.15) is 54.7 Å². The Morgan fingerprint density at radius 2 is 1.82 bits per heavy atom. The van der Waals surface area contributed by atoms with Gasteiger partial charge < -0.3 is 20.1 Å². The van der Waals surface area contributed by atoms with Crippen LogP contribution in [-0.2, 0) is 11.2 Å². The molecule has 0 fully saturated rings. The lowest BCUT2D eigenvalue weighted by molar-refractivity contribution is -0.116. The number of rotatable bonds is 7. The van der Waals surface area contributed by atoms with E-state index >= 15 is 0 Å². The smallest absolute Gasteiger partial charge is 0.251 e. The highest BCUT2D eigenvalue weighted by Crippen LogP contribution is 2.29. The van der Waals surface area contributed by atoms with Crippen molar-refractivity contribution in [3.63, 3.8) is 0 Å². The number of hydrogen-bond donors (Lipinski definition) is 2. The van der Waals surface area contributed by atoms with E-state index in [0.29, 0.717) is 43.1 Å². The number of carbonyl (C=O) groups excluding carboxylic acids is 2. The fraction of sp³-hybridized carbons (Fsp3) is 0.364. The van der Waals surface area contributed by atoms with E-state index in [1.807, 2.05) is 39.0 Å². The monoisotopic (exact) mass is 382 g/mol. The van der Waals surface area contributed by atoms with Gasteiger partial charge in [-0.3, -0.25) is 9.59 Å². The molecule has 0 saturated carbocycles. The van der Waals surface area contributed by atoms with Crippen molar-refractivity contribution >= 4 is 17.5 Å². The summed E-state index contributed by atoms with van der Waals surface area (Å²) in [6, 6.07) is 10.9. The largest absolute Gasteiger partial charge is 0.490 e. The molecule has 1 unspecified atom stereocenters. The first-order valence-corrected chi connectivity index (χ1v) is 9.65. The van der Waals surface area contributed by atoms with Crippen LogP contribution >= 0.6 is 0 Å². The molecular formula is C22H26N2O4. The Balaban J connectivity index is 1.73. The molecule has 1 heterocycles. The van der Waals surface area contributed by atoms with Gasteiger partial charge >= 0.3 is 0 Å². The molecule has 3 rings (SSSR count). The molecule has 0 bridgehead atoms. The third-order valence-electron chi connectivity index (χ3n) is 4.68. The molecule has 2 N–H and O–H groups in total. The zero-order valence-corrected chi connectivity index (χ0v) is 16.5. The molecule has 2 amide bonds. The fourth-order valence-corrected chi connectivity index (χ4v) is 3.23.